The lowest BCUT2D eigenvalue weighted by molar-refractivity contribution is 0.0782. The third-order valence-electron chi connectivity index (χ3n) is 4.69. The number of nitrogens with one attached hydrogen (secondary N) is 2. The largest absolute Gasteiger partial charge is 0.489 e. The van der Waals surface area contributed by atoms with Crippen LogP contribution in [-0.2, 0) is 4.74 Å². The van der Waals surface area contributed by atoms with Crippen molar-refractivity contribution in [3.63, 3.8) is 0 Å². The molecule has 0 saturated carbocycles. The Morgan fingerprint density at radius 2 is 2.11 bits per heavy atom. The van der Waals surface area contributed by atoms with Gasteiger partial charge in [0.25, 0.3) is 0 Å². The summed E-state index contributed by atoms with van der Waals surface area (Å²) in [5.41, 5.74) is 0. The topological polar surface area (TPSA) is 54.9 Å². The maximum absolute atomic E-state index is 13.3. The highest BCUT2D eigenvalue weighted by molar-refractivity contribution is 14.0. The van der Waals surface area contributed by atoms with E-state index in [0.717, 1.165) is 45.0 Å². The van der Waals surface area contributed by atoms with E-state index in [1.807, 2.05) is 18.7 Å². The fourth-order valence-corrected chi connectivity index (χ4v) is 3.67. The number of nitrogens with zero attached hydrogens (tertiary/aromatic N) is 1. The van der Waals surface area contributed by atoms with Crippen LogP contribution in [0.15, 0.2) is 29.3 Å². The van der Waals surface area contributed by atoms with E-state index in [4.69, 9.17) is 9.47 Å². The van der Waals surface area contributed by atoms with Crippen LogP contribution in [-0.4, -0.2) is 56.4 Å². The predicted octanol–water partition coefficient (Wildman–Crippen LogP) is 3.68. The first kappa shape index (κ1) is 24.3. The van der Waals surface area contributed by atoms with E-state index in [9.17, 15) is 4.39 Å². The Balaban J connectivity index is 0.00000364. The normalized spacial score (nSPS) is 17.6. The number of guanidine groups is 1. The number of ether oxygens (including phenoxy) is 2. The Labute approximate surface area is 183 Å². The van der Waals surface area contributed by atoms with Gasteiger partial charge in [-0.3, -0.25) is 4.99 Å². The summed E-state index contributed by atoms with van der Waals surface area (Å²) in [5, 5.41) is 6.75. The van der Waals surface area contributed by atoms with Crippen LogP contribution in [0.3, 0.4) is 0 Å². The standard InChI is InChI=1S/C19H30FN3O2S.HI/c1-4-16(25-17-7-5-6-15(20)12-17)13-22-18(21-2)23-14-19(26-3)8-10-24-11-9-19;/h5-7,12,16H,4,8-11,13-14H2,1-3H3,(H2,21,22,23);1H. The third kappa shape index (κ3) is 8.03. The van der Waals surface area contributed by atoms with Gasteiger partial charge >= 0.3 is 0 Å². The van der Waals surface area contributed by atoms with Crippen molar-refractivity contribution in [2.75, 3.05) is 39.6 Å². The van der Waals surface area contributed by atoms with Gasteiger partial charge in [0.05, 0.1) is 6.54 Å². The van der Waals surface area contributed by atoms with E-state index in [0.29, 0.717) is 12.3 Å². The molecule has 0 spiro atoms. The molecule has 1 fully saturated rings. The zero-order valence-corrected chi connectivity index (χ0v) is 19.4. The highest BCUT2D eigenvalue weighted by atomic mass is 127. The summed E-state index contributed by atoms with van der Waals surface area (Å²) in [7, 11) is 1.76. The Bertz CT molecular complexity index is 586. The van der Waals surface area contributed by atoms with E-state index in [2.05, 4.69) is 21.9 Å². The van der Waals surface area contributed by atoms with Crippen molar-refractivity contribution < 1.29 is 13.9 Å². The van der Waals surface area contributed by atoms with Crippen LogP contribution >= 0.6 is 35.7 Å². The molecule has 2 rings (SSSR count). The molecule has 0 aliphatic carbocycles. The Kier molecular flexibility index (Phi) is 11.4. The quantitative estimate of drug-likeness (QED) is 0.317. The monoisotopic (exact) mass is 511 g/mol. The van der Waals surface area contributed by atoms with Gasteiger partial charge in [-0.1, -0.05) is 13.0 Å². The minimum Gasteiger partial charge on any atom is -0.489 e. The molecule has 0 amide bonds. The van der Waals surface area contributed by atoms with Crippen LogP contribution in [0.5, 0.6) is 5.75 Å². The predicted molar refractivity (Wildman–Crippen MR) is 122 cm³/mol. The Hall–Kier alpha value is -0.740. The molecule has 1 aromatic rings. The van der Waals surface area contributed by atoms with Gasteiger partial charge in [-0.15, -0.1) is 24.0 Å². The second kappa shape index (κ2) is 12.7. The molecule has 5 nitrogen and oxygen atoms in total. The molecule has 1 saturated heterocycles. The first-order valence-corrected chi connectivity index (χ1v) is 10.3. The van der Waals surface area contributed by atoms with Gasteiger partial charge in [0.15, 0.2) is 5.96 Å². The number of benzene rings is 1. The minimum absolute atomic E-state index is 0. The van der Waals surface area contributed by atoms with Gasteiger partial charge in [0, 0.05) is 37.6 Å². The molecule has 1 aliphatic heterocycles. The summed E-state index contributed by atoms with van der Waals surface area (Å²) in [6, 6.07) is 6.24. The Morgan fingerprint density at radius 1 is 1.37 bits per heavy atom. The summed E-state index contributed by atoms with van der Waals surface area (Å²) < 4.78 is 24.9. The molecular formula is C19H31FIN3O2S. The third-order valence-corrected chi connectivity index (χ3v) is 6.11. The lowest BCUT2D eigenvalue weighted by Gasteiger charge is -2.36. The molecule has 0 radical (unpaired) electrons. The first-order chi connectivity index (χ1) is 12.6. The molecule has 1 aromatic carbocycles. The van der Waals surface area contributed by atoms with Gasteiger partial charge in [0.1, 0.15) is 17.7 Å². The second-order valence-electron chi connectivity index (χ2n) is 6.41. The highest BCUT2D eigenvalue weighted by Gasteiger charge is 2.31. The number of aliphatic imine (C=N–C) groups is 1. The lowest BCUT2D eigenvalue weighted by atomic mass is 9.99. The van der Waals surface area contributed by atoms with E-state index < -0.39 is 0 Å². The maximum atomic E-state index is 13.3. The summed E-state index contributed by atoms with van der Waals surface area (Å²) in [5.74, 6) is 1.01. The zero-order valence-electron chi connectivity index (χ0n) is 16.3. The minimum atomic E-state index is -0.290. The number of hydrogen-bond acceptors (Lipinski definition) is 4. The van der Waals surface area contributed by atoms with E-state index in [1.54, 1.807) is 19.2 Å². The SMILES string of the molecule is CCC(CNC(=NC)NCC1(SC)CCOCC1)Oc1cccc(F)c1.I. The average molecular weight is 511 g/mol. The lowest BCUT2D eigenvalue weighted by Crippen LogP contribution is -2.49. The van der Waals surface area contributed by atoms with Crippen molar-refractivity contribution in [3.8, 4) is 5.75 Å². The van der Waals surface area contributed by atoms with Crippen LogP contribution in [0.25, 0.3) is 0 Å². The summed E-state index contributed by atoms with van der Waals surface area (Å²) >= 11 is 1.89. The molecule has 1 unspecified atom stereocenters. The van der Waals surface area contributed by atoms with Crippen LogP contribution < -0.4 is 15.4 Å². The fourth-order valence-electron chi connectivity index (χ4n) is 2.87. The molecule has 0 bridgehead atoms. The number of halogens is 2. The van der Waals surface area contributed by atoms with Crippen molar-refractivity contribution in [2.24, 2.45) is 4.99 Å². The van der Waals surface area contributed by atoms with Gasteiger partial charge in [-0.25, -0.2) is 4.39 Å². The molecule has 154 valence electrons. The van der Waals surface area contributed by atoms with Crippen LogP contribution in [0.1, 0.15) is 26.2 Å². The van der Waals surface area contributed by atoms with E-state index >= 15 is 0 Å². The van der Waals surface area contributed by atoms with Crippen LogP contribution in [0, 0.1) is 5.82 Å². The summed E-state index contributed by atoms with van der Waals surface area (Å²) in [4.78, 5) is 4.30. The second-order valence-corrected chi connectivity index (χ2v) is 7.69. The van der Waals surface area contributed by atoms with Crippen molar-refractivity contribution in [2.45, 2.75) is 37.0 Å². The first-order valence-electron chi connectivity index (χ1n) is 9.10. The molecular weight excluding hydrogens is 480 g/mol. The molecule has 1 aliphatic rings. The maximum Gasteiger partial charge on any atom is 0.191 e. The number of hydrogen-bond donors (Lipinski definition) is 2. The smallest absolute Gasteiger partial charge is 0.191 e. The number of thioether (sulfide) groups is 1. The molecule has 0 aromatic heterocycles. The van der Waals surface area contributed by atoms with Gasteiger partial charge in [-0.05, 0) is 37.7 Å². The van der Waals surface area contributed by atoms with Crippen molar-refractivity contribution in [1.29, 1.82) is 0 Å². The van der Waals surface area contributed by atoms with Crippen molar-refractivity contribution in [1.82, 2.24) is 10.6 Å². The van der Waals surface area contributed by atoms with Gasteiger partial charge < -0.3 is 20.1 Å². The van der Waals surface area contributed by atoms with E-state index in [-0.39, 0.29) is 40.6 Å². The molecule has 1 heterocycles. The van der Waals surface area contributed by atoms with Crippen LogP contribution in [0.2, 0.25) is 0 Å². The van der Waals surface area contributed by atoms with Gasteiger partial charge in [0.2, 0.25) is 0 Å². The zero-order chi connectivity index (χ0) is 18.8. The number of rotatable bonds is 8. The summed E-state index contributed by atoms with van der Waals surface area (Å²) in [6.07, 6.45) is 4.99. The van der Waals surface area contributed by atoms with Crippen molar-refractivity contribution >= 4 is 41.7 Å². The molecule has 27 heavy (non-hydrogen) atoms. The molecule has 2 N–H and O–H groups in total. The highest BCUT2D eigenvalue weighted by Crippen LogP contribution is 2.32. The Morgan fingerprint density at radius 3 is 2.70 bits per heavy atom. The molecule has 8 heteroatoms. The fraction of sp³-hybridized carbons (Fsp3) is 0.632. The van der Waals surface area contributed by atoms with Gasteiger partial charge in [-0.2, -0.15) is 11.8 Å². The van der Waals surface area contributed by atoms with E-state index in [1.165, 1.54) is 12.1 Å². The van der Waals surface area contributed by atoms with Crippen molar-refractivity contribution in [3.05, 3.63) is 30.1 Å². The average Bonchev–Trinajstić information content (AvgIpc) is 2.67. The van der Waals surface area contributed by atoms with Crippen LogP contribution in [0.4, 0.5) is 4.39 Å². The molecule has 1 atom stereocenters. The summed E-state index contributed by atoms with van der Waals surface area (Å²) in [6.45, 7) is 5.12.